The zero-order valence-corrected chi connectivity index (χ0v) is 8.70. The Labute approximate surface area is 94.6 Å². The Morgan fingerprint density at radius 2 is 1.82 bits per heavy atom. The minimum absolute atomic E-state index is 0.132. The lowest BCUT2D eigenvalue weighted by atomic mass is 9.83. The number of nitrogens with one attached hydrogen (secondary N) is 1. The molecule has 0 saturated heterocycles. The second-order valence-corrected chi connectivity index (χ2v) is 3.94. The molecule has 1 aliphatic carbocycles. The number of carbonyl (C=O) groups is 2. The van der Waals surface area contributed by atoms with Gasteiger partial charge in [0.25, 0.3) is 0 Å². The third-order valence-corrected chi connectivity index (χ3v) is 2.75. The maximum Gasteiger partial charge on any atom is 0.471 e. The van der Waals surface area contributed by atoms with Crippen LogP contribution in [0.25, 0.3) is 0 Å². The van der Waals surface area contributed by atoms with E-state index in [-0.39, 0.29) is 12.8 Å². The predicted octanol–water partition coefficient (Wildman–Crippen LogP) is 0.279. The van der Waals surface area contributed by atoms with Crippen LogP contribution in [0.1, 0.15) is 19.3 Å². The number of aliphatic hydroxyl groups excluding tert-OH is 1. The molecule has 0 unspecified atom stereocenters. The summed E-state index contributed by atoms with van der Waals surface area (Å²) < 4.78 is 35.9. The van der Waals surface area contributed by atoms with Crippen LogP contribution in [0, 0.1) is 5.92 Å². The molecule has 8 heteroatoms. The molecule has 1 aliphatic rings. The van der Waals surface area contributed by atoms with Crippen LogP contribution in [-0.2, 0) is 9.59 Å². The number of carbonyl (C=O) groups excluding carboxylic acids is 1. The van der Waals surface area contributed by atoms with Crippen molar-refractivity contribution in [2.24, 2.45) is 5.92 Å². The number of hydrogen-bond acceptors (Lipinski definition) is 3. The smallest absolute Gasteiger partial charge is 0.471 e. The van der Waals surface area contributed by atoms with E-state index in [9.17, 15) is 27.9 Å². The maximum atomic E-state index is 12.0. The number of aliphatic hydroxyl groups is 1. The first-order valence-corrected chi connectivity index (χ1v) is 5.02. The molecule has 0 bridgehead atoms. The zero-order valence-electron chi connectivity index (χ0n) is 8.70. The van der Waals surface area contributed by atoms with E-state index in [4.69, 9.17) is 5.11 Å². The first kappa shape index (κ1) is 13.8. The van der Waals surface area contributed by atoms with Crippen LogP contribution in [0.3, 0.4) is 0 Å². The molecule has 1 amide bonds. The van der Waals surface area contributed by atoms with Gasteiger partial charge in [-0.25, -0.2) is 0 Å². The topological polar surface area (TPSA) is 86.6 Å². The van der Waals surface area contributed by atoms with E-state index in [2.05, 4.69) is 0 Å². The molecule has 3 N–H and O–H groups in total. The summed E-state index contributed by atoms with van der Waals surface area (Å²) in [7, 11) is 0. The summed E-state index contributed by atoms with van der Waals surface area (Å²) in [6.07, 6.45) is -5.86. The number of carboxylic acids is 1. The fourth-order valence-corrected chi connectivity index (χ4v) is 1.86. The molecule has 0 spiro atoms. The summed E-state index contributed by atoms with van der Waals surface area (Å²) >= 11 is 0. The van der Waals surface area contributed by atoms with Crippen molar-refractivity contribution in [2.75, 3.05) is 0 Å². The van der Waals surface area contributed by atoms with E-state index >= 15 is 0 Å². The number of amides is 1. The van der Waals surface area contributed by atoms with Gasteiger partial charge in [-0.15, -0.1) is 0 Å². The monoisotopic (exact) mass is 255 g/mol. The van der Waals surface area contributed by atoms with Gasteiger partial charge >= 0.3 is 18.1 Å². The molecule has 98 valence electrons. The third-order valence-electron chi connectivity index (χ3n) is 2.75. The SMILES string of the molecule is O=C(O)[C@H]1CCC[C@@H](NC(=O)C(F)(F)F)[C@H]1O. The highest BCUT2D eigenvalue weighted by atomic mass is 19.4. The van der Waals surface area contributed by atoms with Crippen LogP contribution in [0.4, 0.5) is 13.2 Å². The van der Waals surface area contributed by atoms with Crippen molar-refractivity contribution in [2.45, 2.75) is 37.6 Å². The average molecular weight is 255 g/mol. The predicted molar refractivity (Wildman–Crippen MR) is 49.0 cm³/mol. The van der Waals surface area contributed by atoms with Crippen molar-refractivity contribution in [3.63, 3.8) is 0 Å². The highest BCUT2D eigenvalue weighted by Crippen LogP contribution is 2.26. The molecule has 0 aromatic rings. The maximum absolute atomic E-state index is 12.0. The van der Waals surface area contributed by atoms with Gasteiger partial charge < -0.3 is 15.5 Å². The van der Waals surface area contributed by atoms with Crippen LogP contribution >= 0.6 is 0 Å². The van der Waals surface area contributed by atoms with Gasteiger partial charge in [0, 0.05) is 0 Å². The lowest BCUT2D eigenvalue weighted by Crippen LogP contribution is -2.53. The lowest BCUT2D eigenvalue weighted by Gasteiger charge is -2.33. The molecule has 17 heavy (non-hydrogen) atoms. The summed E-state index contributed by atoms with van der Waals surface area (Å²) in [5.41, 5.74) is 0. The Balaban J connectivity index is 2.65. The van der Waals surface area contributed by atoms with E-state index in [1.54, 1.807) is 5.32 Å². The minimum atomic E-state index is -5.03. The van der Waals surface area contributed by atoms with Gasteiger partial charge in [0.2, 0.25) is 0 Å². The Morgan fingerprint density at radius 3 is 2.29 bits per heavy atom. The number of halogens is 3. The van der Waals surface area contributed by atoms with Crippen LogP contribution in [0.2, 0.25) is 0 Å². The van der Waals surface area contributed by atoms with Crippen LogP contribution in [0.15, 0.2) is 0 Å². The van der Waals surface area contributed by atoms with Gasteiger partial charge in [0.05, 0.1) is 18.1 Å². The van der Waals surface area contributed by atoms with Gasteiger partial charge in [-0.3, -0.25) is 9.59 Å². The van der Waals surface area contributed by atoms with Crippen molar-refractivity contribution in [1.29, 1.82) is 0 Å². The molecule has 3 atom stereocenters. The molecule has 1 rings (SSSR count). The van der Waals surface area contributed by atoms with Crippen LogP contribution < -0.4 is 5.32 Å². The Morgan fingerprint density at radius 1 is 1.24 bits per heavy atom. The van der Waals surface area contributed by atoms with Crippen LogP contribution in [0.5, 0.6) is 0 Å². The van der Waals surface area contributed by atoms with Crippen LogP contribution in [-0.4, -0.2) is 40.4 Å². The lowest BCUT2D eigenvalue weighted by molar-refractivity contribution is -0.176. The van der Waals surface area contributed by atoms with E-state index < -0.39 is 36.1 Å². The number of aliphatic carboxylic acids is 1. The third kappa shape index (κ3) is 3.32. The molecule has 0 radical (unpaired) electrons. The molecular weight excluding hydrogens is 243 g/mol. The summed E-state index contributed by atoms with van der Waals surface area (Å²) in [6.45, 7) is 0. The van der Waals surface area contributed by atoms with E-state index in [1.165, 1.54) is 0 Å². The number of hydrogen-bond donors (Lipinski definition) is 3. The largest absolute Gasteiger partial charge is 0.481 e. The second-order valence-electron chi connectivity index (χ2n) is 3.94. The zero-order chi connectivity index (χ0) is 13.2. The Bertz CT molecular complexity index is 318. The summed E-state index contributed by atoms with van der Waals surface area (Å²) in [5.74, 6) is -4.57. The van der Waals surface area contributed by atoms with E-state index in [0.717, 1.165) is 0 Å². The first-order chi connectivity index (χ1) is 7.73. The van der Waals surface area contributed by atoms with E-state index in [0.29, 0.717) is 6.42 Å². The van der Waals surface area contributed by atoms with Crippen molar-refractivity contribution in [1.82, 2.24) is 5.32 Å². The van der Waals surface area contributed by atoms with Crippen molar-refractivity contribution >= 4 is 11.9 Å². The van der Waals surface area contributed by atoms with Gasteiger partial charge in [-0.05, 0) is 12.8 Å². The average Bonchev–Trinajstić information content (AvgIpc) is 2.19. The normalized spacial score (nSPS) is 29.8. The summed E-state index contributed by atoms with van der Waals surface area (Å²) in [4.78, 5) is 21.4. The molecule has 1 saturated carbocycles. The number of carboxylic acid groups (broad SMARTS) is 1. The number of alkyl halides is 3. The quantitative estimate of drug-likeness (QED) is 0.661. The van der Waals surface area contributed by atoms with Gasteiger partial charge in [-0.1, -0.05) is 6.42 Å². The van der Waals surface area contributed by atoms with E-state index in [1.807, 2.05) is 0 Å². The van der Waals surface area contributed by atoms with Gasteiger partial charge in [0.15, 0.2) is 0 Å². The Kier molecular flexibility index (Phi) is 3.97. The molecule has 0 aromatic carbocycles. The van der Waals surface area contributed by atoms with Crippen molar-refractivity contribution in [3.05, 3.63) is 0 Å². The van der Waals surface area contributed by atoms with Crippen molar-refractivity contribution in [3.8, 4) is 0 Å². The highest BCUT2D eigenvalue weighted by Gasteiger charge is 2.43. The Hall–Kier alpha value is -1.31. The van der Waals surface area contributed by atoms with Crippen molar-refractivity contribution < 1.29 is 33.0 Å². The summed E-state index contributed by atoms with van der Waals surface area (Å²) in [5, 5.41) is 19.9. The highest BCUT2D eigenvalue weighted by molar-refractivity contribution is 5.82. The molecule has 0 aliphatic heterocycles. The molecular formula is C9H12F3NO4. The van der Waals surface area contributed by atoms with Gasteiger partial charge in [0.1, 0.15) is 0 Å². The minimum Gasteiger partial charge on any atom is -0.481 e. The molecule has 0 heterocycles. The van der Waals surface area contributed by atoms with Gasteiger partial charge in [-0.2, -0.15) is 13.2 Å². The summed E-state index contributed by atoms with van der Waals surface area (Å²) in [6, 6.07) is -1.17. The standard InChI is InChI=1S/C9H12F3NO4/c10-9(11,12)8(17)13-5-3-1-2-4(6(5)14)7(15)16/h4-6,14H,1-3H2,(H,13,17)(H,15,16)/t4-,5+,6-/m0/s1. The first-order valence-electron chi connectivity index (χ1n) is 5.02. The fraction of sp³-hybridized carbons (Fsp3) is 0.778. The molecule has 5 nitrogen and oxygen atoms in total. The second kappa shape index (κ2) is 4.91. The number of rotatable bonds is 2. The molecule has 1 fully saturated rings. The molecule has 0 aromatic heterocycles. The fourth-order valence-electron chi connectivity index (χ4n) is 1.86.